The van der Waals surface area contributed by atoms with Gasteiger partial charge < -0.3 is 14.7 Å². The standard InChI is InChI=1S/C29H42N4O6/c1-6-8-9-10-13-16-31(20-17-23(27(36)37)32(18-20)28(38)39-29(3,4)5)25(34)19-33-24(7-2)30-22-15-12-11-14-21(22)26(33)35/h11-12,14-15,20,23H,6-10,13,16-19H2,1-5H3,(H,36,37)/t20-,23-/m0/s1. The molecule has 1 aromatic carbocycles. The molecule has 1 aliphatic heterocycles. The van der Waals surface area contributed by atoms with Gasteiger partial charge in [0.25, 0.3) is 5.56 Å². The molecule has 2 aromatic rings. The summed E-state index contributed by atoms with van der Waals surface area (Å²) in [5, 5.41) is 10.3. The first-order valence-electron chi connectivity index (χ1n) is 14.0. The molecule has 2 heterocycles. The number of benzene rings is 1. The number of aromatic nitrogens is 2. The average Bonchev–Trinajstić information content (AvgIpc) is 3.32. The van der Waals surface area contributed by atoms with Gasteiger partial charge in [0.2, 0.25) is 5.91 Å². The maximum absolute atomic E-state index is 13.8. The molecule has 10 heteroatoms. The molecule has 1 fully saturated rings. The number of nitrogens with zero attached hydrogens (tertiary/aromatic N) is 4. The summed E-state index contributed by atoms with van der Waals surface area (Å²) in [4.78, 5) is 59.6. The van der Waals surface area contributed by atoms with Crippen LogP contribution < -0.4 is 5.56 Å². The highest BCUT2D eigenvalue weighted by Crippen LogP contribution is 2.26. The van der Waals surface area contributed by atoms with E-state index in [2.05, 4.69) is 11.9 Å². The molecule has 1 N–H and O–H groups in total. The topological polar surface area (TPSA) is 122 Å². The predicted molar refractivity (Wildman–Crippen MR) is 149 cm³/mol. The summed E-state index contributed by atoms with van der Waals surface area (Å²) in [6, 6.07) is 5.45. The van der Waals surface area contributed by atoms with Crippen LogP contribution in [0.15, 0.2) is 29.1 Å². The minimum absolute atomic E-state index is 0.0537. The van der Waals surface area contributed by atoms with Gasteiger partial charge in [0.05, 0.1) is 16.9 Å². The predicted octanol–water partition coefficient (Wildman–Crippen LogP) is 4.22. The van der Waals surface area contributed by atoms with Crippen LogP contribution in [0.3, 0.4) is 0 Å². The maximum Gasteiger partial charge on any atom is 0.411 e. The summed E-state index contributed by atoms with van der Waals surface area (Å²) >= 11 is 0. The zero-order chi connectivity index (χ0) is 28.7. The van der Waals surface area contributed by atoms with E-state index in [-0.39, 0.29) is 31.0 Å². The first-order chi connectivity index (χ1) is 18.5. The Kier molecular flexibility index (Phi) is 10.1. The highest BCUT2D eigenvalue weighted by atomic mass is 16.6. The summed E-state index contributed by atoms with van der Waals surface area (Å²) in [5.74, 6) is -0.915. The number of carbonyl (C=O) groups is 3. The van der Waals surface area contributed by atoms with E-state index in [9.17, 15) is 24.3 Å². The van der Waals surface area contributed by atoms with Crippen LogP contribution in [0.5, 0.6) is 0 Å². The molecule has 214 valence electrons. The van der Waals surface area contributed by atoms with Gasteiger partial charge in [0.1, 0.15) is 24.0 Å². The lowest BCUT2D eigenvalue weighted by molar-refractivity contribution is -0.142. The number of ether oxygens (including phenoxy) is 1. The molecule has 1 aromatic heterocycles. The third-order valence-corrected chi connectivity index (χ3v) is 7.01. The lowest BCUT2D eigenvalue weighted by Crippen LogP contribution is -2.46. The number of para-hydroxylation sites is 1. The number of unbranched alkanes of at least 4 members (excludes halogenated alkanes) is 4. The molecule has 0 saturated carbocycles. The molecule has 2 amide bonds. The molecule has 0 bridgehead atoms. The van der Waals surface area contributed by atoms with E-state index in [1.54, 1.807) is 43.9 Å². The number of fused-ring (bicyclic) bond motifs is 1. The second-order valence-corrected chi connectivity index (χ2v) is 11.2. The van der Waals surface area contributed by atoms with Crippen LogP contribution in [0.1, 0.15) is 79.0 Å². The van der Waals surface area contributed by atoms with Crippen LogP contribution in [-0.4, -0.2) is 73.2 Å². The van der Waals surface area contributed by atoms with E-state index in [0.717, 1.165) is 32.1 Å². The fourth-order valence-corrected chi connectivity index (χ4v) is 5.07. The molecule has 1 saturated heterocycles. The molecule has 1 aliphatic rings. The van der Waals surface area contributed by atoms with E-state index in [0.29, 0.717) is 29.7 Å². The largest absolute Gasteiger partial charge is 0.480 e. The number of carboxylic acid groups (broad SMARTS) is 1. The number of carboxylic acids is 1. The highest BCUT2D eigenvalue weighted by Gasteiger charge is 2.44. The third kappa shape index (κ3) is 7.58. The Balaban J connectivity index is 1.90. The van der Waals surface area contributed by atoms with Gasteiger partial charge in [0.15, 0.2) is 0 Å². The van der Waals surface area contributed by atoms with Crippen molar-refractivity contribution in [2.45, 2.75) is 104 Å². The van der Waals surface area contributed by atoms with Crippen LogP contribution >= 0.6 is 0 Å². The molecular formula is C29H42N4O6. The van der Waals surface area contributed by atoms with E-state index >= 15 is 0 Å². The lowest BCUT2D eigenvalue weighted by atomic mass is 10.1. The summed E-state index contributed by atoms with van der Waals surface area (Å²) < 4.78 is 6.89. The average molecular weight is 543 g/mol. The van der Waals surface area contributed by atoms with Gasteiger partial charge in [0, 0.05) is 25.9 Å². The molecule has 0 spiro atoms. The number of hydrogen-bond acceptors (Lipinski definition) is 6. The van der Waals surface area contributed by atoms with Crippen molar-refractivity contribution in [3.8, 4) is 0 Å². The molecule has 0 unspecified atom stereocenters. The van der Waals surface area contributed by atoms with Crippen LogP contribution in [0.4, 0.5) is 4.79 Å². The fourth-order valence-electron chi connectivity index (χ4n) is 5.07. The quantitative estimate of drug-likeness (QED) is 0.422. The smallest absolute Gasteiger partial charge is 0.411 e. The van der Waals surface area contributed by atoms with Gasteiger partial charge in [-0.2, -0.15) is 0 Å². The Morgan fingerprint density at radius 3 is 2.44 bits per heavy atom. The van der Waals surface area contributed by atoms with Crippen LogP contribution in [0.2, 0.25) is 0 Å². The fraction of sp³-hybridized carbons (Fsp3) is 0.621. The second-order valence-electron chi connectivity index (χ2n) is 11.2. The number of amides is 2. The maximum atomic E-state index is 13.8. The number of aliphatic carboxylic acids is 1. The van der Waals surface area contributed by atoms with Crippen LogP contribution in [0, 0.1) is 0 Å². The molecule has 10 nitrogen and oxygen atoms in total. The number of likely N-dealkylation sites (tertiary alicyclic amines) is 1. The SMILES string of the molecule is CCCCCCCN(C(=O)Cn1c(CC)nc2ccccc2c1=O)[C@H]1C[C@@H](C(=O)O)N(C(=O)OC(C)(C)C)C1. The Labute approximate surface area is 229 Å². The minimum atomic E-state index is -1.14. The van der Waals surface area contributed by atoms with Crippen molar-refractivity contribution in [2.24, 2.45) is 0 Å². The summed E-state index contributed by atoms with van der Waals surface area (Å²) in [6.07, 6.45) is 4.77. The number of rotatable bonds is 11. The summed E-state index contributed by atoms with van der Waals surface area (Å²) in [6.45, 7) is 9.46. The zero-order valence-corrected chi connectivity index (χ0v) is 23.8. The molecular weight excluding hydrogens is 500 g/mol. The minimum Gasteiger partial charge on any atom is -0.480 e. The van der Waals surface area contributed by atoms with E-state index in [1.807, 2.05) is 13.0 Å². The zero-order valence-electron chi connectivity index (χ0n) is 23.8. The molecule has 0 aliphatic carbocycles. The van der Waals surface area contributed by atoms with Gasteiger partial charge in [-0.1, -0.05) is 51.7 Å². The first kappa shape index (κ1) is 30.1. The van der Waals surface area contributed by atoms with Gasteiger partial charge in [-0.15, -0.1) is 0 Å². The summed E-state index contributed by atoms with van der Waals surface area (Å²) in [7, 11) is 0. The van der Waals surface area contributed by atoms with Crippen molar-refractivity contribution >= 4 is 28.9 Å². The van der Waals surface area contributed by atoms with E-state index in [1.165, 1.54) is 9.47 Å². The number of hydrogen-bond donors (Lipinski definition) is 1. The molecule has 0 radical (unpaired) electrons. The van der Waals surface area contributed by atoms with Crippen molar-refractivity contribution in [3.05, 3.63) is 40.4 Å². The van der Waals surface area contributed by atoms with Gasteiger partial charge in [-0.25, -0.2) is 14.6 Å². The normalized spacial score (nSPS) is 17.4. The van der Waals surface area contributed by atoms with Crippen molar-refractivity contribution in [1.29, 1.82) is 0 Å². The van der Waals surface area contributed by atoms with Crippen LogP contribution in [-0.2, 0) is 27.3 Å². The molecule has 3 rings (SSSR count). The molecule has 2 atom stereocenters. The van der Waals surface area contributed by atoms with E-state index < -0.39 is 29.7 Å². The number of aryl methyl sites for hydroxylation is 1. The van der Waals surface area contributed by atoms with E-state index in [4.69, 9.17) is 4.74 Å². The Morgan fingerprint density at radius 1 is 1.10 bits per heavy atom. The van der Waals surface area contributed by atoms with Crippen molar-refractivity contribution in [1.82, 2.24) is 19.4 Å². The third-order valence-electron chi connectivity index (χ3n) is 7.01. The lowest BCUT2D eigenvalue weighted by Gasteiger charge is -2.30. The van der Waals surface area contributed by atoms with Crippen LogP contribution in [0.25, 0.3) is 10.9 Å². The summed E-state index contributed by atoms with van der Waals surface area (Å²) in [5.41, 5.74) is -0.476. The second kappa shape index (κ2) is 13.1. The molecule has 39 heavy (non-hydrogen) atoms. The first-order valence-corrected chi connectivity index (χ1v) is 14.0. The van der Waals surface area contributed by atoms with Crippen molar-refractivity contribution < 1.29 is 24.2 Å². The Hall–Kier alpha value is -3.43. The van der Waals surface area contributed by atoms with Gasteiger partial charge in [-0.05, 0) is 39.3 Å². The highest BCUT2D eigenvalue weighted by molar-refractivity contribution is 5.82. The Bertz CT molecular complexity index is 1230. The van der Waals surface area contributed by atoms with Crippen molar-refractivity contribution in [2.75, 3.05) is 13.1 Å². The van der Waals surface area contributed by atoms with Crippen molar-refractivity contribution in [3.63, 3.8) is 0 Å². The monoisotopic (exact) mass is 542 g/mol. The van der Waals surface area contributed by atoms with Gasteiger partial charge >= 0.3 is 12.1 Å². The van der Waals surface area contributed by atoms with Gasteiger partial charge in [-0.3, -0.25) is 19.1 Å². The number of carbonyl (C=O) groups excluding carboxylic acids is 2. The Morgan fingerprint density at radius 2 is 1.79 bits per heavy atom.